The molecule has 0 unspecified atom stereocenters. The van der Waals surface area contributed by atoms with Gasteiger partial charge in [0.05, 0.1) is 18.6 Å². The van der Waals surface area contributed by atoms with Crippen LogP contribution in [0.3, 0.4) is 0 Å². The predicted molar refractivity (Wildman–Crippen MR) is 83.1 cm³/mol. The molecular weight excluding hydrogens is 284 g/mol. The third-order valence-electron chi connectivity index (χ3n) is 4.20. The number of nitrogens with one attached hydrogen (secondary N) is 1. The Balaban J connectivity index is 1.45. The van der Waals surface area contributed by atoms with Crippen LogP contribution in [0.25, 0.3) is 0 Å². The fraction of sp³-hybridized carbons (Fsp3) is 0.625. The molecule has 4 nitrogen and oxygen atoms in total. The molecule has 0 bridgehead atoms. The number of esters is 1. The van der Waals surface area contributed by atoms with Gasteiger partial charge >= 0.3 is 5.97 Å². The average molecular weight is 306 g/mol. The Morgan fingerprint density at radius 1 is 1.48 bits per heavy atom. The number of rotatable bonds is 8. The third-order valence-corrected chi connectivity index (χ3v) is 5.49. The maximum absolute atomic E-state index is 11.4. The van der Waals surface area contributed by atoms with Crippen molar-refractivity contribution in [3.63, 3.8) is 0 Å². The number of methoxy groups -OCH3 is 1. The molecule has 1 N–H and O–H groups in total. The van der Waals surface area contributed by atoms with Gasteiger partial charge in [-0.15, -0.1) is 11.8 Å². The second-order valence-electron chi connectivity index (χ2n) is 6.20. The van der Waals surface area contributed by atoms with Gasteiger partial charge in [-0.05, 0) is 42.7 Å². The minimum Gasteiger partial charge on any atom is -0.469 e. The maximum atomic E-state index is 11.4. The van der Waals surface area contributed by atoms with Crippen LogP contribution in [-0.4, -0.2) is 29.9 Å². The normalized spacial score (nSPS) is 19.3. The molecule has 1 aromatic rings. The van der Waals surface area contributed by atoms with Gasteiger partial charge < -0.3 is 10.1 Å². The highest BCUT2D eigenvalue weighted by atomic mass is 32.2. The van der Waals surface area contributed by atoms with Crippen molar-refractivity contribution in [3.8, 4) is 0 Å². The first-order chi connectivity index (χ1) is 10.2. The summed E-state index contributed by atoms with van der Waals surface area (Å²) in [6.45, 7) is 0.912. The Hall–Kier alpha value is -1.07. The molecule has 3 rings (SSSR count). The molecule has 0 amide bonds. The third kappa shape index (κ3) is 4.45. The molecule has 0 saturated heterocycles. The monoisotopic (exact) mass is 306 g/mol. The summed E-state index contributed by atoms with van der Waals surface area (Å²) in [6.07, 6.45) is 7.36. The predicted octanol–water partition coefficient (Wildman–Crippen LogP) is 2.77. The second kappa shape index (κ2) is 6.36. The van der Waals surface area contributed by atoms with Crippen molar-refractivity contribution in [3.05, 3.63) is 23.9 Å². The van der Waals surface area contributed by atoms with Gasteiger partial charge in [-0.3, -0.25) is 4.79 Å². The van der Waals surface area contributed by atoms with Crippen LogP contribution in [0.2, 0.25) is 0 Å². The molecule has 21 heavy (non-hydrogen) atoms. The SMILES string of the molecule is COC(=O)CC1(CSc2ccc(CNC3CC3)cn2)CC1. The lowest BCUT2D eigenvalue weighted by Gasteiger charge is -2.12. The Morgan fingerprint density at radius 3 is 2.86 bits per heavy atom. The van der Waals surface area contributed by atoms with E-state index in [1.807, 2.05) is 6.20 Å². The van der Waals surface area contributed by atoms with E-state index in [-0.39, 0.29) is 11.4 Å². The van der Waals surface area contributed by atoms with E-state index in [9.17, 15) is 4.79 Å². The summed E-state index contributed by atoms with van der Waals surface area (Å²) in [7, 11) is 1.46. The number of nitrogens with zero attached hydrogens (tertiary/aromatic N) is 1. The highest BCUT2D eigenvalue weighted by Crippen LogP contribution is 2.51. The Kier molecular flexibility index (Phi) is 4.50. The van der Waals surface area contributed by atoms with Crippen LogP contribution in [0.5, 0.6) is 0 Å². The summed E-state index contributed by atoms with van der Waals surface area (Å²) in [5.74, 6) is 0.858. The fourth-order valence-electron chi connectivity index (χ4n) is 2.30. The highest BCUT2D eigenvalue weighted by Gasteiger charge is 2.44. The Bertz CT molecular complexity index is 496. The minimum absolute atomic E-state index is 0.0949. The van der Waals surface area contributed by atoms with Gasteiger partial charge in [0.2, 0.25) is 0 Å². The number of aromatic nitrogens is 1. The first kappa shape index (κ1) is 14.9. The Morgan fingerprint density at radius 2 is 2.29 bits per heavy atom. The molecule has 2 aliphatic rings. The molecule has 2 aliphatic carbocycles. The average Bonchev–Trinajstić information content (AvgIpc) is 3.41. The molecule has 0 atom stereocenters. The summed E-state index contributed by atoms with van der Waals surface area (Å²) in [5.41, 5.74) is 1.40. The smallest absolute Gasteiger partial charge is 0.306 e. The van der Waals surface area contributed by atoms with Crippen molar-refractivity contribution in [1.29, 1.82) is 0 Å². The molecule has 5 heteroatoms. The maximum Gasteiger partial charge on any atom is 0.306 e. The standard InChI is InChI=1S/C16H22N2O2S/c1-20-15(19)8-16(6-7-16)11-21-14-5-2-12(10-18-14)9-17-13-3-4-13/h2,5,10,13,17H,3-4,6-9,11H2,1H3. The summed E-state index contributed by atoms with van der Waals surface area (Å²) in [5, 5.41) is 4.53. The van der Waals surface area contributed by atoms with E-state index in [1.165, 1.54) is 25.5 Å². The molecule has 0 radical (unpaired) electrons. The van der Waals surface area contributed by atoms with Crippen LogP contribution in [0, 0.1) is 5.41 Å². The van der Waals surface area contributed by atoms with Crippen molar-refractivity contribution >= 4 is 17.7 Å². The van der Waals surface area contributed by atoms with Crippen molar-refractivity contribution in [2.24, 2.45) is 5.41 Å². The van der Waals surface area contributed by atoms with Crippen molar-refractivity contribution < 1.29 is 9.53 Å². The first-order valence-corrected chi connectivity index (χ1v) is 8.56. The van der Waals surface area contributed by atoms with Gasteiger partial charge in [0.25, 0.3) is 0 Å². The number of hydrogen-bond donors (Lipinski definition) is 1. The molecule has 0 aromatic carbocycles. The van der Waals surface area contributed by atoms with Crippen LogP contribution >= 0.6 is 11.8 Å². The van der Waals surface area contributed by atoms with E-state index >= 15 is 0 Å². The lowest BCUT2D eigenvalue weighted by molar-refractivity contribution is -0.141. The highest BCUT2D eigenvalue weighted by molar-refractivity contribution is 7.99. The first-order valence-electron chi connectivity index (χ1n) is 7.57. The van der Waals surface area contributed by atoms with Gasteiger partial charge in [-0.25, -0.2) is 4.98 Å². The molecule has 1 aromatic heterocycles. The van der Waals surface area contributed by atoms with E-state index < -0.39 is 0 Å². The number of hydrogen-bond acceptors (Lipinski definition) is 5. The van der Waals surface area contributed by atoms with Crippen LogP contribution in [0.1, 0.15) is 37.7 Å². The van der Waals surface area contributed by atoms with Gasteiger partial charge in [0, 0.05) is 24.5 Å². The fourth-order valence-corrected chi connectivity index (χ4v) is 3.44. The topological polar surface area (TPSA) is 51.2 Å². The summed E-state index contributed by atoms with van der Waals surface area (Å²) in [6, 6.07) is 4.96. The zero-order valence-corrected chi connectivity index (χ0v) is 13.2. The van der Waals surface area contributed by atoms with E-state index in [2.05, 4.69) is 22.4 Å². The van der Waals surface area contributed by atoms with E-state index in [0.717, 1.165) is 36.2 Å². The molecule has 0 aliphatic heterocycles. The molecule has 2 saturated carbocycles. The number of carbonyl (C=O) groups is 1. The number of pyridine rings is 1. The van der Waals surface area contributed by atoms with Gasteiger partial charge in [0.1, 0.15) is 0 Å². The second-order valence-corrected chi connectivity index (χ2v) is 7.20. The Labute approximate surface area is 130 Å². The molecule has 0 spiro atoms. The molecule has 114 valence electrons. The number of carbonyl (C=O) groups excluding carboxylic acids is 1. The van der Waals surface area contributed by atoms with E-state index in [4.69, 9.17) is 4.74 Å². The van der Waals surface area contributed by atoms with Gasteiger partial charge in [0.15, 0.2) is 0 Å². The zero-order valence-electron chi connectivity index (χ0n) is 12.4. The summed E-state index contributed by atoms with van der Waals surface area (Å²) < 4.78 is 4.77. The van der Waals surface area contributed by atoms with Gasteiger partial charge in [-0.1, -0.05) is 6.07 Å². The van der Waals surface area contributed by atoms with E-state index in [1.54, 1.807) is 11.8 Å². The largest absolute Gasteiger partial charge is 0.469 e. The van der Waals surface area contributed by atoms with Crippen LogP contribution in [-0.2, 0) is 16.1 Å². The quantitative estimate of drug-likeness (QED) is 0.591. The van der Waals surface area contributed by atoms with Crippen LogP contribution in [0.4, 0.5) is 0 Å². The van der Waals surface area contributed by atoms with Crippen molar-refractivity contribution in [2.75, 3.05) is 12.9 Å². The molecule has 2 fully saturated rings. The molecule has 1 heterocycles. The van der Waals surface area contributed by atoms with Gasteiger partial charge in [-0.2, -0.15) is 0 Å². The van der Waals surface area contributed by atoms with Crippen LogP contribution in [0.15, 0.2) is 23.4 Å². The van der Waals surface area contributed by atoms with Crippen molar-refractivity contribution in [1.82, 2.24) is 10.3 Å². The lowest BCUT2D eigenvalue weighted by atomic mass is 10.1. The molecular formula is C16H22N2O2S. The summed E-state index contributed by atoms with van der Waals surface area (Å²) >= 11 is 1.75. The zero-order chi connectivity index (χ0) is 14.7. The van der Waals surface area contributed by atoms with Crippen LogP contribution < -0.4 is 5.32 Å². The lowest BCUT2D eigenvalue weighted by Crippen LogP contribution is -2.15. The minimum atomic E-state index is -0.0949. The number of thioether (sulfide) groups is 1. The van der Waals surface area contributed by atoms with Crippen molar-refractivity contribution in [2.45, 2.75) is 49.7 Å². The number of ether oxygens (including phenoxy) is 1. The summed E-state index contributed by atoms with van der Waals surface area (Å²) in [4.78, 5) is 15.9. The van der Waals surface area contributed by atoms with E-state index in [0.29, 0.717) is 6.42 Å².